The predicted molar refractivity (Wildman–Crippen MR) is 132 cm³/mol. The van der Waals surface area contributed by atoms with Gasteiger partial charge in [0.05, 0.1) is 11.1 Å². The standard InChI is InChI=1S/C28H26F2N2O4/c1-15-6-11-25-23(12-15)24(13-16(2)31-25)27(34)35-19(5)26(33)22-14-17(3)32(18(22)4)20-7-9-21(10-8-20)36-28(29)30/h6-14,19,28H,1-5H3/t19-/m1/s1. The Morgan fingerprint density at radius 3 is 2.28 bits per heavy atom. The minimum Gasteiger partial charge on any atom is -0.451 e. The second kappa shape index (κ2) is 9.89. The molecule has 0 aliphatic heterocycles. The number of nitrogens with zero attached hydrogens (tertiary/aromatic N) is 2. The van der Waals surface area contributed by atoms with Crippen molar-refractivity contribution in [2.45, 2.75) is 47.3 Å². The number of aryl methyl sites for hydroxylation is 3. The van der Waals surface area contributed by atoms with Crippen LogP contribution in [0.3, 0.4) is 0 Å². The molecule has 0 amide bonds. The Hall–Kier alpha value is -4.07. The van der Waals surface area contributed by atoms with Crippen LogP contribution in [0.25, 0.3) is 16.6 Å². The summed E-state index contributed by atoms with van der Waals surface area (Å²) in [6.07, 6.45) is -1.03. The molecule has 0 fully saturated rings. The summed E-state index contributed by atoms with van der Waals surface area (Å²) in [5.41, 5.74) is 5.19. The van der Waals surface area contributed by atoms with Gasteiger partial charge < -0.3 is 14.0 Å². The highest BCUT2D eigenvalue weighted by Crippen LogP contribution is 2.26. The molecule has 0 aliphatic carbocycles. The van der Waals surface area contributed by atoms with Crippen molar-refractivity contribution in [2.24, 2.45) is 0 Å². The monoisotopic (exact) mass is 492 g/mol. The molecule has 0 aliphatic rings. The third-order valence-corrected chi connectivity index (χ3v) is 5.98. The summed E-state index contributed by atoms with van der Waals surface area (Å²) in [7, 11) is 0. The van der Waals surface area contributed by atoms with Crippen LogP contribution in [0.2, 0.25) is 0 Å². The van der Waals surface area contributed by atoms with E-state index in [9.17, 15) is 18.4 Å². The zero-order valence-electron chi connectivity index (χ0n) is 20.6. The number of alkyl halides is 2. The number of halogens is 2. The number of aromatic nitrogens is 2. The first-order chi connectivity index (χ1) is 17.0. The molecule has 0 radical (unpaired) electrons. The number of rotatable bonds is 7. The van der Waals surface area contributed by atoms with Gasteiger partial charge in [0.15, 0.2) is 6.10 Å². The van der Waals surface area contributed by atoms with Crippen LogP contribution in [0, 0.1) is 27.7 Å². The fourth-order valence-electron chi connectivity index (χ4n) is 4.32. The molecule has 0 N–H and O–H groups in total. The van der Waals surface area contributed by atoms with Crippen LogP contribution < -0.4 is 4.74 Å². The Labute approximate surface area is 207 Å². The van der Waals surface area contributed by atoms with Gasteiger partial charge in [-0.3, -0.25) is 9.78 Å². The SMILES string of the molecule is Cc1ccc2nc(C)cc(C(=O)O[C@H](C)C(=O)c3cc(C)n(-c4ccc(OC(F)F)cc4)c3C)c2c1. The lowest BCUT2D eigenvalue weighted by molar-refractivity contribution is -0.0498. The Balaban J connectivity index is 1.58. The van der Waals surface area contributed by atoms with Crippen molar-refractivity contribution in [3.8, 4) is 11.4 Å². The molecule has 0 spiro atoms. The number of ether oxygens (including phenoxy) is 2. The maximum absolute atomic E-state index is 13.3. The fourth-order valence-corrected chi connectivity index (χ4v) is 4.32. The molecule has 1 atom stereocenters. The summed E-state index contributed by atoms with van der Waals surface area (Å²) in [6, 6.07) is 15.2. The molecule has 2 aromatic heterocycles. The van der Waals surface area contributed by atoms with Crippen molar-refractivity contribution in [3.63, 3.8) is 0 Å². The van der Waals surface area contributed by atoms with Crippen LogP contribution in [0.4, 0.5) is 8.78 Å². The molecule has 0 unspecified atom stereocenters. The van der Waals surface area contributed by atoms with E-state index in [1.54, 1.807) is 45.0 Å². The van der Waals surface area contributed by atoms with Crippen LogP contribution in [0.1, 0.15) is 50.3 Å². The van der Waals surface area contributed by atoms with Crippen molar-refractivity contribution < 1.29 is 27.8 Å². The Kier molecular flexibility index (Phi) is 6.88. The second-order valence-electron chi connectivity index (χ2n) is 8.74. The molecule has 6 nitrogen and oxygen atoms in total. The molecule has 0 saturated carbocycles. The summed E-state index contributed by atoms with van der Waals surface area (Å²) >= 11 is 0. The molecule has 8 heteroatoms. The summed E-state index contributed by atoms with van der Waals surface area (Å²) < 4.78 is 36.7. The highest BCUT2D eigenvalue weighted by Gasteiger charge is 2.26. The highest BCUT2D eigenvalue weighted by atomic mass is 19.3. The quantitative estimate of drug-likeness (QED) is 0.224. The number of ketones is 1. The first kappa shape index (κ1) is 25.0. The van der Waals surface area contributed by atoms with Crippen molar-refractivity contribution in [1.82, 2.24) is 9.55 Å². The molecular weight excluding hydrogens is 466 g/mol. The number of benzene rings is 2. The summed E-state index contributed by atoms with van der Waals surface area (Å²) in [5.74, 6) is -0.894. The van der Waals surface area contributed by atoms with E-state index in [2.05, 4.69) is 9.72 Å². The average molecular weight is 493 g/mol. The maximum Gasteiger partial charge on any atom is 0.387 e. The maximum atomic E-state index is 13.3. The van der Waals surface area contributed by atoms with E-state index in [1.165, 1.54) is 12.1 Å². The fraction of sp³-hybridized carbons (Fsp3) is 0.250. The van der Waals surface area contributed by atoms with E-state index < -0.39 is 18.7 Å². The average Bonchev–Trinajstić information content (AvgIpc) is 3.12. The summed E-state index contributed by atoms with van der Waals surface area (Å²) in [4.78, 5) is 30.8. The largest absolute Gasteiger partial charge is 0.451 e. The van der Waals surface area contributed by atoms with Crippen LogP contribution in [-0.2, 0) is 4.74 Å². The lowest BCUT2D eigenvalue weighted by Gasteiger charge is -2.15. The Morgan fingerprint density at radius 1 is 0.917 bits per heavy atom. The first-order valence-corrected chi connectivity index (χ1v) is 11.4. The van der Waals surface area contributed by atoms with Gasteiger partial charge in [-0.05, 0) is 83.1 Å². The number of esters is 1. The number of Topliss-reactive ketones (excluding diaryl/α,β-unsaturated/α-hetero) is 1. The van der Waals surface area contributed by atoms with Crippen molar-refractivity contribution in [1.29, 1.82) is 0 Å². The van der Waals surface area contributed by atoms with Gasteiger partial charge in [0, 0.05) is 33.7 Å². The summed E-state index contributed by atoms with van der Waals surface area (Å²) in [5, 5.41) is 0.669. The molecule has 2 heterocycles. The number of carbonyl (C=O) groups excluding carboxylic acids is 2. The van der Waals surface area contributed by atoms with E-state index in [1.807, 2.05) is 36.6 Å². The van der Waals surface area contributed by atoms with Crippen LogP contribution in [0.5, 0.6) is 5.75 Å². The van der Waals surface area contributed by atoms with Gasteiger partial charge in [-0.15, -0.1) is 0 Å². The van der Waals surface area contributed by atoms with Crippen LogP contribution >= 0.6 is 0 Å². The molecule has 4 rings (SSSR count). The number of hydrogen-bond donors (Lipinski definition) is 0. The van der Waals surface area contributed by atoms with E-state index in [0.29, 0.717) is 39.1 Å². The second-order valence-corrected chi connectivity index (χ2v) is 8.74. The highest BCUT2D eigenvalue weighted by molar-refractivity contribution is 6.06. The molecular formula is C28H26F2N2O4. The topological polar surface area (TPSA) is 70.4 Å². The third-order valence-electron chi connectivity index (χ3n) is 5.98. The predicted octanol–water partition coefficient (Wildman–Crippen LogP) is 6.29. The molecule has 4 aromatic rings. The Bertz CT molecular complexity index is 1460. The molecule has 36 heavy (non-hydrogen) atoms. The normalized spacial score (nSPS) is 12.1. The number of fused-ring (bicyclic) bond motifs is 1. The van der Waals surface area contributed by atoms with Crippen LogP contribution in [-0.4, -0.2) is 34.0 Å². The minimum absolute atomic E-state index is 0.0436. The van der Waals surface area contributed by atoms with E-state index in [4.69, 9.17) is 4.74 Å². The summed E-state index contributed by atoms with van der Waals surface area (Å²) in [6.45, 7) is 5.97. The molecule has 2 aromatic carbocycles. The van der Waals surface area contributed by atoms with Gasteiger partial charge in [-0.1, -0.05) is 11.6 Å². The van der Waals surface area contributed by atoms with Crippen molar-refractivity contribution in [2.75, 3.05) is 0 Å². The lowest BCUT2D eigenvalue weighted by atomic mass is 10.0. The van der Waals surface area contributed by atoms with E-state index >= 15 is 0 Å². The van der Waals surface area contributed by atoms with Crippen molar-refractivity contribution in [3.05, 3.63) is 88.4 Å². The van der Waals surface area contributed by atoms with Crippen molar-refractivity contribution >= 4 is 22.7 Å². The van der Waals surface area contributed by atoms with E-state index in [-0.39, 0.29) is 11.5 Å². The lowest BCUT2D eigenvalue weighted by Crippen LogP contribution is -2.25. The zero-order valence-corrected chi connectivity index (χ0v) is 20.6. The number of pyridine rings is 1. The van der Waals surface area contributed by atoms with Crippen LogP contribution in [0.15, 0.2) is 54.6 Å². The molecule has 0 saturated heterocycles. The molecule has 186 valence electrons. The number of carbonyl (C=O) groups is 2. The smallest absolute Gasteiger partial charge is 0.387 e. The van der Waals surface area contributed by atoms with Gasteiger partial charge in [0.25, 0.3) is 0 Å². The number of hydrogen-bond acceptors (Lipinski definition) is 5. The first-order valence-electron chi connectivity index (χ1n) is 11.4. The van der Waals surface area contributed by atoms with Gasteiger partial charge >= 0.3 is 12.6 Å². The van der Waals surface area contributed by atoms with Gasteiger partial charge in [0.1, 0.15) is 5.75 Å². The third kappa shape index (κ3) is 4.98. The van der Waals surface area contributed by atoms with Gasteiger partial charge in [-0.2, -0.15) is 8.78 Å². The Morgan fingerprint density at radius 2 is 1.61 bits per heavy atom. The minimum atomic E-state index is -2.91. The zero-order chi connectivity index (χ0) is 26.1. The van der Waals surface area contributed by atoms with Gasteiger partial charge in [-0.25, -0.2) is 4.79 Å². The van der Waals surface area contributed by atoms with E-state index in [0.717, 1.165) is 11.3 Å². The van der Waals surface area contributed by atoms with Gasteiger partial charge in [0.2, 0.25) is 5.78 Å². The molecule has 0 bridgehead atoms.